The number of hydrogen-bond donors (Lipinski definition) is 2. The summed E-state index contributed by atoms with van der Waals surface area (Å²) in [5.41, 5.74) is 4.36. The van der Waals surface area contributed by atoms with Crippen molar-refractivity contribution >= 4 is 32.0 Å². The molecule has 3 N–H and O–H groups in total. The molecule has 1 saturated heterocycles. The fraction of sp³-hybridized carbons (Fsp3) is 0.556. The van der Waals surface area contributed by atoms with Crippen LogP contribution in [0.4, 0.5) is 10.7 Å². The number of nitrogen functional groups attached to an aromatic ring is 1. The van der Waals surface area contributed by atoms with Gasteiger partial charge < -0.3 is 10.5 Å². The Kier molecular flexibility index (Phi) is 3.51. The summed E-state index contributed by atoms with van der Waals surface area (Å²) in [6, 6.07) is 0.974. The molecule has 2 heterocycles. The molecule has 0 aliphatic carbocycles. The Morgan fingerprint density at radius 3 is 2.79 bits per heavy atom. The fourth-order valence-electron chi connectivity index (χ4n) is 1.77. The minimum absolute atomic E-state index is 0.127. The molecule has 1 aliphatic heterocycles. The normalized spacial score (nSPS) is 23.6. The Labute approximate surface area is 113 Å². The zero-order chi connectivity index (χ0) is 14.3. The van der Waals surface area contributed by atoms with E-state index in [1.54, 1.807) is 6.92 Å². The molecule has 10 heteroatoms. The second-order valence-corrected chi connectivity index (χ2v) is 7.53. The molecule has 0 saturated carbocycles. The van der Waals surface area contributed by atoms with Gasteiger partial charge in [0.05, 0.1) is 17.1 Å². The van der Waals surface area contributed by atoms with Crippen LogP contribution in [0.15, 0.2) is 10.3 Å². The predicted octanol–water partition coefficient (Wildman–Crippen LogP) is 0.696. The maximum Gasteiger partial charge on any atom is 0.304 e. The van der Waals surface area contributed by atoms with E-state index < -0.39 is 26.2 Å². The smallest absolute Gasteiger partial charge is 0.304 e. The van der Waals surface area contributed by atoms with Crippen LogP contribution >= 0.6 is 11.3 Å². The van der Waals surface area contributed by atoms with Crippen LogP contribution in [-0.4, -0.2) is 32.1 Å². The summed E-state index contributed by atoms with van der Waals surface area (Å²) in [6.45, 7) is 2.48. The van der Waals surface area contributed by atoms with E-state index in [4.69, 9.17) is 10.5 Å². The van der Waals surface area contributed by atoms with Crippen molar-refractivity contribution in [1.82, 2.24) is 4.72 Å². The van der Waals surface area contributed by atoms with Crippen molar-refractivity contribution in [3.8, 4) is 0 Å². The number of anilines is 1. The van der Waals surface area contributed by atoms with Crippen molar-refractivity contribution in [2.45, 2.75) is 23.1 Å². The van der Waals surface area contributed by atoms with E-state index >= 15 is 0 Å². The molecular weight excluding hydrogens is 294 g/mol. The molecule has 2 rings (SSSR count). The fourth-order valence-corrected chi connectivity index (χ4v) is 4.41. The standard InChI is InChI=1S/C9H13N3O5S2/c1-9(2-3-17-5-9)11-19(15,16)7-4-6(12(13)14)8(10)18-7/h4,11H,2-3,5,10H2,1H3. The zero-order valence-corrected chi connectivity index (χ0v) is 11.7. The first-order valence-electron chi connectivity index (χ1n) is 5.39. The lowest BCUT2D eigenvalue weighted by Gasteiger charge is -2.22. The molecule has 19 heavy (non-hydrogen) atoms. The largest absolute Gasteiger partial charge is 0.385 e. The van der Waals surface area contributed by atoms with Gasteiger partial charge in [-0.3, -0.25) is 10.1 Å². The highest BCUT2D eigenvalue weighted by Gasteiger charge is 2.36. The third kappa shape index (κ3) is 2.86. The highest BCUT2D eigenvalue weighted by Crippen LogP contribution is 2.35. The van der Waals surface area contributed by atoms with E-state index in [-0.39, 0.29) is 15.8 Å². The monoisotopic (exact) mass is 307 g/mol. The Balaban J connectivity index is 2.29. The molecular formula is C9H13N3O5S2. The Morgan fingerprint density at radius 2 is 2.32 bits per heavy atom. The molecule has 8 nitrogen and oxygen atoms in total. The van der Waals surface area contributed by atoms with Gasteiger partial charge in [-0.05, 0) is 13.3 Å². The van der Waals surface area contributed by atoms with Gasteiger partial charge in [0.2, 0.25) is 0 Å². The first kappa shape index (κ1) is 14.2. The van der Waals surface area contributed by atoms with Crippen molar-refractivity contribution in [3.05, 3.63) is 16.2 Å². The van der Waals surface area contributed by atoms with Gasteiger partial charge in [-0.25, -0.2) is 13.1 Å². The molecule has 1 unspecified atom stereocenters. The van der Waals surface area contributed by atoms with E-state index in [9.17, 15) is 18.5 Å². The van der Waals surface area contributed by atoms with Gasteiger partial charge in [-0.15, -0.1) is 0 Å². The van der Waals surface area contributed by atoms with Gasteiger partial charge in [-0.2, -0.15) is 0 Å². The van der Waals surface area contributed by atoms with Crippen LogP contribution in [0.3, 0.4) is 0 Å². The van der Waals surface area contributed by atoms with Crippen LogP contribution in [0.25, 0.3) is 0 Å². The first-order chi connectivity index (χ1) is 8.73. The van der Waals surface area contributed by atoms with Gasteiger partial charge in [0.1, 0.15) is 4.21 Å². The molecule has 0 spiro atoms. The van der Waals surface area contributed by atoms with E-state index in [2.05, 4.69) is 4.72 Å². The molecule has 0 aromatic carbocycles. The number of nitro groups is 1. The second kappa shape index (κ2) is 4.71. The van der Waals surface area contributed by atoms with Crippen molar-refractivity contribution in [3.63, 3.8) is 0 Å². The van der Waals surface area contributed by atoms with Crippen molar-refractivity contribution in [2.24, 2.45) is 0 Å². The summed E-state index contributed by atoms with van der Waals surface area (Å²) in [5, 5.41) is 10.5. The topological polar surface area (TPSA) is 125 Å². The maximum atomic E-state index is 12.1. The third-order valence-corrected chi connectivity index (χ3v) is 5.84. The van der Waals surface area contributed by atoms with Crippen LogP contribution in [0, 0.1) is 10.1 Å². The lowest BCUT2D eigenvalue weighted by molar-refractivity contribution is -0.383. The zero-order valence-electron chi connectivity index (χ0n) is 10.1. The number of thiophene rings is 1. The summed E-state index contributed by atoms with van der Waals surface area (Å²) in [6.07, 6.45) is 0.551. The molecule has 1 aliphatic rings. The van der Waals surface area contributed by atoms with Gasteiger partial charge in [-0.1, -0.05) is 11.3 Å². The molecule has 0 amide bonds. The van der Waals surface area contributed by atoms with Crippen LogP contribution in [0.2, 0.25) is 0 Å². The minimum Gasteiger partial charge on any atom is -0.385 e. The Hall–Kier alpha value is -1.23. The number of ether oxygens (including phenoxy) is 1. The minimum atomic E-state index is -3.83. The van der Waals surface area contributed by atoms with Crippen molar-refractivity contribution in [2.75, 3.05) is 18.9 Å². The van der Waals surface area contributed by atoms with E-state index in [1.807, 2.05) is 0 Å². The van der Waals surface area contributed by atoms with Crippen LogP contribution in [0.1, 0.15) is 13.3 Å². The quantitative estimate of drug-likeness (QED) is 0.623. The van der Waals surface area contributed by atoms with Gasteiger partial charge >= 0.3 is 5.69 Å². The van der Waals surface area contributed by atoms with E-state index in [0.29, 0.717) is 24.4 Å². The molecule has 1 fully saturated rings. The molecule has 1 aromatic rings. The molecule has 1 atom stereocenters. The summed E-state index contributed by atoms with van der Waals surface area (Å²) < 4.78 is 31.8. The van der Waals surface area contributed by atoms with Gasteiger partial charge in [0.25, 0.3) is 10.0 Å². The summed E-state index contributed by atoms with van der Waals surface area (Å²) in [5.74, 6) is 0. The number of nitrogens with two attached hydrogens (primary N) is 1. The summed E-state index contributed by atoms with van der Waals surface area (Å²) in [7, 11) is -3.83. The molecule has 1 aromatic heterocycles. The van der Waals surface area contributed by atoms with E-state index in [1.165, 1.54) is 0 Å². The third-order valence-electron chi connectivity index (χ3n) is 2.78. The van der Waals surface area contributed by atoms with Crippen LogP contribution < -0.4 is 10.5 Å². The van der Waals surface area contributed by atoms with Crippen LogP contribution in [-0.2, 0) is 14.8 Å². The second-order valence-electron chi connectivity index (χ2n) is 4.54. The van der Waals surface area contributed by atoms with Gasteiger partial charge in [0.15, 0.2) is 5.00 Å². The average Bonchev–Trinajstić information content (AvgIpc) is 2.84. The predicted molar refractivity (Wildman–Crippen MR) is 69.5 cm³/mol. The van der Waals surface area contributed by atoms with E-state index in [0.717, 1.165) is 6.07 Å². The Bertz CT molecular complexity index is 603. The van der Waals surface area contributed by atoms with Crippen molar-refractivity contribution < 1.29 is 18.1 Å². The van der Waals surface area contributed by atoms with Gasteiger partial charge in [0, 0.05) is 12.7 Å². The SMILES string of the molecule is CC1(NS(=O)(=O)c2cc([N+](=O)[O-])c(N)s2)CCOC1. The highest BCUT2D eigenvalue weighted by molar-refractivity contribution is 7.91. The molecule has 0 radical (unpaired) electrons. The highest BCUT2D eigenvalue weighted by atomic mass is 32.2. The average molecular weight is 307 g/mol. The lowest BCUT2D eigenvalue weighted by atomic mass is 10.0. The first-order valence-corrected chi connectivity index (χ1v) is 7.69. The number of hydrogen-bond acceptors (Lipinski definition) is 7. The lowest BCUT2D eigenvalue weighted by Crippen LogP contribution is -2.46. The van der Waals surface area contributed by atoms with Crippen molar-refractivity contribution in [1.29, 1.82) is 0 Å². The summed E-state index contributed by atoms with van der Waals surface area (Å²) in [4.78, 5) is 9.96. The number of sulfonamides is 1. The summed E-state index contributed by atoms with van der Waals surface area (Å²) >= 11 is 0.677. The number of nitrogens with zero attached hydrogens (tertiary/aromatic N) is 1. The number of nitrogens with one attached hydrogen (secondary N) is 1. The maximum absolute atomic E-state index is 12.1. The molecule has 106 valence electrons. The Morgan fingerprint density at radius 1 is 1.63 bits per heavy atom. The molecule has 0 bridgehead atoms. The van der Waals surface area contributed by atoms with Crippen LogP contribution in [0.5, 0.6) is 0 Å². The number of rotatable bonds is 4.